The summed E-state index contributed by atoms with van der Waals surface area (Å²) in [5, 5.41) is 16.9. The number of urea groups is 1. The predicted molar refractivity (Wildman–Crippen MR) is 99.5 cm³/mol. The molecule has 26 heavy (non-hydrogen) atoms. The minimum Gasteiger partial charge on any atom is -0.481 e. The van der Waals surface area contributed by atoms with Crippen LogP contribution in [0.1, 0.15) is 19.3 Å². The molecule has 2 fully saturated rings. The molecule has 2 amide bonds. The first-order valence-corrected chi connectivity index (χ1v) is 9.67. The molecule has 1 aliphatic carbocycles. The number of fused-ring (bicyclic) bond motifs is 1. The lowest BCUT2D eigenvalue weighted by molar-refractivity contribution is -0.149. The maximum Gasteiger partial charge on any atom is 0.323 e. The van der Waals surface area contributed by atoms with Gasteiger partial charge in [0.05, 0.1) is 14.6 Å². The number of thiophene rings is 1. The van der Waals surface area contributed by atoms with Crippen LogP contribution in [0.4, 0.5) is 10.6 Å². The summed E-state index contributed by atoms with van der Waals surface area (Å²) < 4.78 is 2.28. The van der Waals surface area contributed by atoms with Crippen molar-refractivity contribution in [2.75, 3.05) is 18.4 Å². The molecule has 1 saturated carbocycles. The molecule has 0 spiro atoms. The second-order valence-electron chi connectivity index (χ2n) is 7.00. The predicted octanol–water partition coefficient (Wildman–Crippen LogP) is 3.52. The maximum absolute atomic E-state index is 12.7. The van der Waals surface area contributed by atoms with Gasteiger partial charge in [-0.2, -0.15) is 5.10 Å². The second-order valence-corrected chi connectivity index (χ2v) is 8.72. The van der Waals surface area contributed by atoms with Gasteiger partial charge in [0.15, 0.2) is 0 Å². The summed E-state index contributed by atoms with van der Waals surface area (Å²) in [6.07, 6.45) is 2.43. The van der Waals surface area contributed by atoms with E-state index in [0.717, 1.165) is 23.4 Å². The largest absolute Gasteiger partial charge is 0.481 e. The lowest BCUT2D eigenvalue weighted by Crippen LogP contribution is -2.39. The number of carboxylic acid groups (broad SMARTS) is 1. The van der Waals surface area contributed by atoms with Gasteiger partial charge in [-0.1, -0.05) is 18.0 Å². The topological polar surface area (TPSA) is 87.5 Å². The Bertz CT molecular complexity index is 879. The molecule has 1 saturated heterocycles. The van der Waals surface area contributed by atoms with Crippen LogP contribution in [0.3, 0.4) is 0 Å². The molecule has 4 rings (SSSR count). The number of aryl methyl sites for hydroxylation is 1. The van der Waals surface area contributed by atoms with Gasteiger partial charge in [0.2, 0.25) is 0 Å². The number of anilines is 1. The molecular formula is C17H19ClN4O3S. The lowest BCUT2D eigenvalue weighted by atomic mass is 9.81. The first-order valence-electron chi connectivity index (χ1n) is 8.48. The van der Waals surface area contributed by atoms with Gasteiger partial charge in [0, 0.05) is 26.2 Å². The molecule has 2 N–H and O–H groups in total. The smallest absolute Gasteiger partial charge is 0.323 e. The average molecular weight is 395 g/mol. The van der Waals surface area contributed by atoms with Gasteiger partial charge in [-0.3, -0.25) is 14.8 Å². The first kappa shape index (κ1) is 17.4. The highest BCUT2D eigenvalue weighted by Crippen LogP contribution is 2.49. The third-order valence-corrected chi connectivity index (χ3v) is 6.78. The number of carbonyl (C=O) groups excluding carboxylic acids is 1. The Morgan fingerprint density at radius 1 is 1.46 bits per heavy atom. The average Bonchev–Trinajstić information content (AvgIpc) is 3.30. The van der Waals surface area contributed by atoms with Crippen LogP contribution in [0.25, 0.3) is 10.6 Å². The molecule has 0 radical (unpaired) electrons. The Morgan fingerprint density at radius 2 is 2.27 bits per heavy atom. The number of nitrogens with one attached hydrogen (secondary N) is 1. The van der Waals surface area contributed by atoms with Crippen LogP contribution in [0.15, 0.2) is 18.2 Å². The summed E-state index contributed by atoms with van der Waals surface area (Å²) in [6.45, 7) is 0.757. The number of hydrogen-bond acceptors (Lipinski definition) is 4. The van der Waals surface area contributed by atoms with Gasteiger partial charge in [-0.25, -0.2) is 4.79 Å². The second kappa shape index (κ2) is 6.28. The zero-order valence-corrected chi connectivity index (χ0v) is 15.8. The summed E-state index contributed by atoms with van der Waals surface area (Å²) in [5.41, 5.74) is -0.0390. The van der Waals surface area contributed by atoms with Crippen molar-refractivity contribution in [3.05, 3.63) is 22.5 Å². The number of halogens is 1. The standard InChI is InChI=1S/C17H19ClN4O3S/c1-21-14(7-11(20-21)12-4-5-13(18)26-12)19-16(25)22-8-10-3-2-6-17(10,9-22)15(23)24/h4-5,7,10H,2-3,6,8-9H2,1H3,(H,19,25)(H,23,24)/t10-,17+/m0/s1. The van der Waals surface area contributed by atoms with Crippen LogP contribution in [-0.2, 0) is 11.8 Å². The SMILES string of the molecule is Cn1nc(-c2ccc(Cl)s2)cc1NC(=O)N1C[C@@H]2CCC[C@@]2(C(=O)O)C1. The molecule has 2 aromatic rings. The Labute approximate surface area is 159 Å². The van der Waals surface area contributed by atoms with Crippen molar-refractivity contribution in [3.63, 3.8) is 0 Å². The molecule has 7 nitrogen and oxygen atoms in total. The number of aliphatic carboxylic acids is 1. The van der Waals surface area contributed by atoms with Gasteiger partial charge < -0.3 is 10.0 Å². The van der Waals surface area contributed by atoms with E-state index in [1.807, 2.05) is 12.1 Å². The number of amides is 2. The Morgan fingerprint density at radius 3 is 2.92 bits per heavy atom. The third-order valence-electron chi connectivity index (χ3n) is 5.52. The zero-order chi connectivity index (χ0) is 18.5. The summed E-state index contributed by atoms with van der Waals surface area (Å²) in [5.74, 6) is -0.176. The number of carbonyl (C=O) groups is 2. The van der Waals surface area contributed by atoms with Crippen molar-refractivity contribution in [3.8, 4) is 10.6 Å². The third kappa shape index (κ3) is 2.77. The van der Waals surface area contributed by atoms with Crippen LogP contribution in [0.5, 0.6) is 0 Å². The van der Waals surface area contributed by atoms with Crippen molar-refractivity contribution in [2.24, 2.45) is 18.4 Å². The fourth-order valence-corrected chi connectivity index (χ4v) is 5.14. The zero-order valence-electron chi connectivity index (χ0n) is 14.2. The molecule has 0 unspecified atom stereocenters. The van der Waals surface area contributed by atoms with E-state index in [4.69, 9.17) is 11.6 Å². The molecule has 2 atom stereocenters. The van der Waals surface area contributed by atoms with Crippen molar-refractivity contribution >= 4 is 40.8 Å². The number of rotatable bonds is 3. The van der Waals surface area contributed by atoms with Crippen LogP contribution < -0.4 is 5.32 Å². The highest BCUT2D eigenvalue weighted by atomic mass is 35.5. The van der Waals surface area contributed by atoms with Gasteiger partial charge in [-0.05, 0) is 30.9 Å². The van der Waals surface area contributed by atoms with Crippen LogP contribution in [-0.4, -0.2) is 44.9 Å². The molecule has 1 aliphatic heterocycles. The number of nitrogens with zero attached hydrogens (tertiary/aromatic N) is 3. The molecule has 3 heterocycles. The van der Waals surface area contributed by atoms with E-state index >= 15 is 0 Å². The first-order chi connectivity index (χ1) is 12.4. The van der Waals surface area contributed by atoms with E-state index in [2.05, 4.69) is 10.4 Å². The molecule has 2 aromatic heterocycles. The Balaban J connectivity index is 1.49. The maximum atomic E-state index is 12.7. The lowest BCUT2D eigenvalue weighted by Gasteiger charge is -2.23. The minimum absolute atomic E-state index is 0.0427. The van der Waals surface area contributed by atoms with Gasteiger partial charge in [0.25, 0.3) is 0 Å². The van der Waals surface area contributed by atoms with Crippen molar-refractivity contribution < 1.29 is 14.7 Å². The normalized spacial score (nSPS) is 24.7. The van der Waals surface area contributed by atoms with E-state index in [0.29, 0.717) is 23.1 Å². The van der Waals surface area contributed by atoms with Crippen molar-refractivity contribution in [2.45, 2.75) is 19.3 Å². The quantitative estimate of drug-likeness (QED) is 0.833. The number of likely N-dealkylation sites (tertiary alicyclic amines) is 1. The van der Waals surface area contributed by atoms with E-state index in [1.54, 1.807) is 22.7 Å². The fourth-order valence-electron chi connectivity index (χ4n) is 4.14. The summed E-state index contributed by atoms with van der Waals surface area (Å²) in [7, 11) is 1.76. The molecule has 138 valence electrons. The summed E-state index contributed by atoms with van der Waals surface area (Å²) >= 11 is 7.39. The molecule has 0 bridgehead atoms. The van der Waals surface area contributed by atoms with Gasteiger partial charge >= 0.3 is 12.0 Å². The van der Waals surface area contributed by atoms with Crippen LogP contribution in [0, 0.1) is 11.3 Å². The van der Waals surface area contributed by atoms with Crippen LogP contribution in [0.2, 0.25) is 4.34 Å². The van der Waals surface area contributed by atoms with E-state index in [9.17, 15) is 14.7 Å². The van der Waals surface area contributed by atoms with E-state index < -0.39 is 11.4 Å². The van der Waals surface area contributed by atoms with Crippen LogP contribution >= 0.6 is 22.9 Å². The fraction of sp³-hybridized carbons (Fsp3) is 0.471. The number of aromatic nitrogens is 2. The highest BCUT2D eigenvalue weighted by Gasteiger charge is 2.55. The molecular weight excluding hydrogens is 376 g/mol. The number of carboxylic acids is 1. The van der Waals surface area contributed by atoms with Gasteiger partial charge in [0.1, 0.15) is 11.5 Å². The monoisotopic (exact) mass is 394 g/mol. The molecule has 0 aromatic carbocycles. The summed E-state index contributed by atoms with van der Waals surface area (Å²) in [6, 6.07) is 5.21. The van der Waals surface area contributed by atoms with Gasteiger partial charge in [-0.15, -0.1) is 11.3 Å². The van der Waals surface area contributed by atoms with Crippen molar-refractivity contribution in [1.29, 1.82) is 0 Å². The number of hydrogen-bond donors (Lipinski definition) is 2. The van der Waals surface area contributed by atoms with E-state index in [1.165, 1.54) is 11.3 Å². The molecule has 2 aliphatic rings. The van der Waals surface area contributed by atoms with E-state index in [-0.39, 0.29) is 18.5 Å². The Kier molecular flexibility index (Phi) is 4.19. The minimum atomic E-state index is -0.785. The summed E-state index contributed by atoms with van der Waals surface area (Å²) in [4.78, 5) is 27.0. The molecule has 9 heteroatoms. The van der Waals surface area contributed by atoms with Crippen molar-refractivity contribution in [1.82, 2.24) is 14.7 Å². The Hall–Kier alpha value is -2.06. The highest BCUT2D eigenvalue weighted by molar-refractivity contribution is 7.19.